The van der Waals surface area contributed by atoms with Crippen molar-refractivity contribution >= 4 is 11.3 Å². The van der Waals surface area contributed by atoms with Crippen LogP contribution >= 0.6 is 11.3 Å². The summed E-state index contributed by atoms with van der Waals surface area (Å²) >= 11 is 1.88. The molecule has 0 radical (unpaired) electrons. The van der Waals surface area contributed by atoms with Crippen LogP contribution in [-0.2, 0) is 31.0 Å². The molecule has 1 aliphatic heterocycles. The van der Waals surface area contributed by atoms with Crippen molar-refractivity contribution in [2.24, 2.45) is 5.92 Å². The second-order valence-corrected chi connectivity index (χ2v) is 8.25. The molecule has 136 valence electrons. The number of fused-ring (bicyclic) bond motifs is 1. The van der Waals surface area contributed by atoms with Gasteiger partial charge in [-0.05, 0) is 31.2 Å². The molecule has 0 N–H and O–H groups in total. The Bertz CT molecular complexity index is 829. The van der Waals surface area contributed by atoms with Crippen molar-refractivity contribution in [1.82, 2.24) is 19.4 Å². The lowest BCUT2D eigenvalue weighted by Gasteiger charge is -2.23. The molecule has 0 fully saturated rings. The Morgan fingerprint density at radius 2 is 2.12 bits per heavy atom. The molecule has 0 spiro atoms. The van der Waals surface area contributed by atoms with E-state index in [2.05, 4.69) is 44.7 Å². The Hall–Kier alpha value is -2.02. The fourth-order valence-electron chi connectivity index (χ4n) is 3.45. The van der Waals surface area contributed by atoms with E-state index >= 15 is 0 Å². The summed E-state index contributed by atoms with van der Waals surface area (Å²) in [4.78, 5) is 14.2. The first-order chi connectivity index (χ1) is 12.8. The minimum absolute atomic E-state index is 0.440. The van der Waals surface area contributed by atoms with Gasteiger partial charge in [-0.2, -0.15) is 0 Å². The van der Waals surface area contributed by atoms with Gasteiger partial charge in [-0.3, -0.25) is 9.88 Å². The van der Waals surface area contributed by atoms with E-state index in [1.54, 1.807) is 0 Å². The molecule has 26 heavy (non-hydrogen) atoms. The van der Waals surface area contributed by atoms with Crippen LogP contribution in [0.1, 0.15) is 21.3 Å². The highest BCUT2D eigenvalue weighted by atomic mass is 32.1. The van der Waals surface area contributed by atoms with Crippen molar-refractivity contribution in [1.29, 1.82) is 0 Å². The minimum Gasteiger partial charge on any atom is -0.375 e. The zero-order valence-corrected chi connectivity index (χ0v) is 15.9. The maximum absolute atomic E-state index is 5.99. The molecular formula is C20H24N4OS. The van der Waals surface area contributed by atoms with E-state index in [-0.39, 0.29) is 0 Å². The highest BCUT2D eigenvalue weighted by molar-refractivity contribution is 7.11. The van der Waals surface area contributed by atoms with E-state index in [4.69, 9.17) is 4.74 Å². The first-order valence-corrected chi connectivity index (χ1v) is 9.83. The van der Waals surface area contributed by atoms with E-state index < -0.39 is 0 Å². The third-order valence-electron chi connectivity index (χ3n) is 4.64. The second-order valence-electron chi connectivity index (χ2n) is 6.88. The summed E-state index contributed by atoms with van der Waals surface area (Å²) in [7, 11) is 0. The highest BCUT2D eigenvalue weighted by Crippen LogP contribution is 2.22. The van der Waals surface area contributed by atoms with E-state index in [0.29, 0.717) is 12.5 Å². The Morgan fingerprint density at radius 1 is 1.15 bits per heavy atom. The molecule has 1 unspecified atom stereocenters. The van der Waals surface area contributed by atoms with Gasteiger partial charge < -0.3 is 9.30 Å². The molecule has 0 aliphatic carbocycles. The third kappa shape index (κ3) is 4.38. The van der Waals surface area contributed by atoms with Crippen LogP contribution in [0.5, 0.6) is 0 Å². The molecule has 5 nitrogen and oxygen atoms in total. The first-order valence-electron chi connectivity index (χ1n) is 9.01. The quantitative estimate of drug-likeness (QED) is 0.668. The van der Waals surface area contributed by atoms with Gasteiger partial charge in [0, 0.05) is 53.9 Å². The number of hydrogen-bond acceptors (Lipinski definition) is 5. The predicted molar refractivity (Wildman–Crippen MR) is 103 cm³/mol. The number of rotatable bonds is 6. The number of aromatic nitrogens is 3. The standard InChI is InChI=1S/C20H24N4OS/c1-16-5-6-19(26-16)12-23-10-17(11-24-9-8-22-20(24)13-23)14-25-15-18-4-2-3-7-21-18/h2-9,17H,10-15H2,1H3. The van der Waals surface area contributed by atoms with Crippen LogP contribution in [-0.4, -0.2) is 32.6 Å². The van der Waals surface area contributed by atoms with Gasteiger partial charge in [-0.15, -0.1) is 11.3 Å². The van der Waals surface area contributed by atoms with Gasteiger partial charge in [0.1, 0.15) is 5.82 Å². The summed E-state index contributed by atoms with van der Waals surface area (Å²) < 4.78 is 8.26. The number of thiophene rings is 1. The van der Waals surface area contributed by atoms with Crippen LogP contribution in [0.4, 0.5) is 0 Å². The topological polar surface area (TPSA) is 43.2 Å². The molecule has 6 heteroatoms. The lowest BCUT2D eigenvalue weighted by molar-refractivity contribution is 0.0650. The lowest BCUT2D eigenvalue weighted by Crippen LogP contribution is -2.29. The minimum atomic E-state index is 0.440. The first kappa shape index (κ1) is 17.4. The number of nitrogens with zero attached hydrogens (tertiary/aromatic N) is 4. The van der Waals surface area contributed by atoms with E-state index in [0.717, 1.165) is 44.3 Å². The molecule has 0 saturated carbocycles. The third-order valence-corrected chi connectivity index (χ3v) is 5.63. The smallest absolute Gasteiger partial charge is 0.122 e. The Kier molecular flexibility index (Phi) is 5.43. The summed E-state index contributed by atoms with van der Waals surface area (Å²) in [6.45, 7) is 7.30. The van der Waals surface area contributed by atoms with Gasteiger partial charge in [0.05, 0.1) is 25.5 Å². The lowest BCUT2D eigenvalue weighted by atomic mass is 10.1. The molecule has 4 heterocycles. The molecule has 0 bridgehead atoms. The fraction of sp³-hybridized carbons (Fsp3) is 0.400. The summed E-state index contributed by atoms with van der Waals surface area (Å²) in [5.74, 6) is 1.58. The van der Waals surface area contributed by atoms with Gasteiger partial charge in [0.15, 0.2) is 0 Å². The van der Waals surface area contributed by atoms with Crippen LogP contribution in [0.15, 0.2) is 48.9 Å². The zero-order chi connectivity index (χ0) is 17.8. The zero-order valence-electron chi connectivity index (χ0n) is 15.0. The molecule has 0 amide bonds. The van der Waals surface area contributed by atoms with E-state index in [1.165, 1.54) is 9.75 Å². The molecule has 0 saturated heterocycles. The van der Waals surface area contributed by atoms with Gasteiger partial charge >= 0.3 is 0 Å². The number of pyridine rings is 1. The SMILES string of the molecule is Cc1ccc(CN2Cc3nccn3CC(COCc3ccccn3)C2)s1. The van der Waals surface area contributed by atoms with E-state index in [1.807, 2.05) is 41.9 Å². The van der Waals surface area contributed by atoms with Crippen molar-refractivity contribution in [2.75, 3.05) is 13.2 Å². The maximum atomic E-state index is 5.99. The monoisotopic (exact) mass is 368 g/mol. The Morgan fingerprint density at radius 3 is 2.92 bits per heavy atom. The summed E-state index contributed by atoms with van der Waals surface area (Å²) in [5.41, 5.74) is 0.982. The molecule has 3 aromatic heterocycles. The maximum Gasteiger partial charge on any atom is 0.122 e. The largest absolute Gasteiger partial charge is 0.375 e. The molecular weight excluding hydrogens is 344 g/mol. The normalized spacial score (nSPS) is 17.8. The molecule has 0 aromatic carbocycles. The number of ether oxygens (including phenoxy) is 1. The van der Waals surface area contributed by atoms with Gasteiger partial charge in [0.2, 0.25) is 0 Å². The van der Waals surface area contributed by atoms with Gasteiger partial charge in [-0.25, -0.2) is 4.98 Å². The average Bonchev–Trinajstić information content (AvgIpc) is 3.21. The molecule has 1 aliphatic rings. The van der Waals surface area contributed by atoms with Crippen molar-refractivity contribution in [2.45, 2.75) is 33.2 Å². The van der Waals surface area contributed by atoms with Crippen LogP contribution in [0, 0.1) is 12.8 Å². The van der Waals surface area contributed by atoms with Crippen LogP contribution in [0.3, 0.4) is 0 Å². The summed E-state index contributed by atoms with van der Waals surface area (Å²) in [6, 6.07) is 10.4. The Balaban J connectivity index is 1.40. The van der Waals surface area contributed by atoms with Crippen molar-refractivity contribution in [3.63, 3.8) is 0 Å². The Labute approximate surface area is 158 Å². The van der Waals surface area contributed by atoms with Gasteiger partial charge in [-0.1, -0.05) is 6.07 Å². The summed E-state index contributed by atoms with van der Waals surface area (Å²) in [6.07, 6.45) is 5.80. The number of hydrogen-bond donors (Lipinski definition) is 0. The van der Waals surface area contributed by atoms with Gasteiger partial charge in [0.25, 0.3) is 0 Å². The highest BCUT2D eigenvalue weighted by Gasteiger charge is 2.23. The predicted octanol–water partition coefficient (Wildman–Crippen LogP) is 3.50. The molecule has 1 atom stereocenters. The second kappa shape index (κ2) is 8.12. The van der Waals surface area contributed by atoms with Crippen LogP contribution < -0.4 is 0 Å². The van der Waals surface area contributed by atoms with E-state index in [9.17, 15) is 0 Å². The molecule has 4 rings (SSSR count). The average molecular weight is 369 g/mol. The van der Waals surface area contributed by atoms with Crippen LogP contribution in [0.25, 0.3) is 0 Å². The van der Waals surface area contributed by atoms with Crippen molar-refractivity contribution < 1.29 is 4.74 Å². The number of imidazole rings is 1. The molecule has 3 aromatic rings. The number of aryl methyl sites for hydroxylation is 1. The fourth-order valence-corrected chi connectivity index (χ4v) is 4.39. The van der Waals surface area contributed by atoms with Crippen molar-refractivity contribution in [3.8, 4) is 0 Å². The van der Waals surface area contributed by atoms with Crippen LogP contribution in [0.2, 0.25) is 0 Å². The summed E-state index contributed by atoms with van der Waals surface area (Å²) in [5, 5.41) is 0. The van der Waals surface area contributed by atoms with Crippen molar-refractivity contribution in [3.05, 3.63) is 70.2 Å².